The molecule has 2 aromatic carbocycles. The van der Waals surface area contributed by atoms with E-state index >= 15 is 0 Å². The minimum atomic E-state index is -0.287. The van der Waals surface area contributed by atoms with Crippen molar-refractivity contribution < 1.29 is 18.8 Å². The number of methoxy groups -OCH3 is 2. The highest BCUT2D eigenvalue weighted by molar-refractivity contribution is 6.07. The minimum absolute atomic E-state index is 0.135. The van der Waals surface area contributed by atoms with Crippen LogP contribution in [-0.2, 0) is 6.42 Å². The molecule has 162 valence electrons. The van der Waals surface area contributed by atoms with Gasteiger partial charge in [-0.3, -0.25) is 4.79 Å². The number of allylic oxidation sites excluding steroid dienone is 1. The van der Waals surface area contributed by atoms with Gasteiger partial charge in [-0.2, -0.15) is 4.98 Å². The maximum atomic E-state index is 13.2. The van der Waals surface area contributed by atoms with Gasteiger partial charge in [-0.05, 0) is 37.1 Å². The Kier molecular flexibility index (Phi) is 6.74. The van der Waals surface area contributed by atoms with E-state index < -0.39 is 0 Å². The number of anilines is 1. The third-order valence-electron chi connectivity index (χ3n) is 4.88. The lowest BCUT2D eigenvalue weighted by Gasteiger charge is -2.16. The average molecular weight is 421 g/mol. The molecule has 0 fully saturated rings. The number of ether oxygens (including phenoxy) is 2. The van der Waals surface area contributed by atoms with Crippen LogP contribution in [0, 0.1) is 6.92 Å². The maximum Gasteiger partial charge on any atom is 0.260 e. The molecule has 31 heavy (non-hydrogen) atoms. The Balaban J connectivity index is 2.00. The Morgan fingerprint density at radius 2 is 2.03 bits per heavy atom. The second-order valence-corrected chi connectivity index (χ2v) is 7.43. The van der Waals surface area contributed by atoms with E-state index in [-0.39, 0.29) is 11.8 Å². The van der Waals surface area contributed by atoms with Gasteiger partial charge in [0.2, 0.25) is 0 Å². The molecular formula is C24H27N3O4. The van der Waals surface area contributed by atoms with Gasteiger partial charge in [-0.15, -0.1) is 6.58 Å². The lowest BCUT2D eigenvalue weighted by atomic mass is 10.0. The van der Waals surface area contributed by atoms with Crippen LogP contribution in [0.4, 0.5) is 5.69 Å². The summed E-state index contributed by atoms with van der Waals surface area (Å²) in [6.45, 7) is 9.68. The summed E-state index contributed by atoms with van der Waals surface area (Å²) in [5.41, 5.74) is 3.41. The molecule has 0 atom stereocenters. The Morgan fingerprint density at radius 1 is 1.26 bits per heavy atom. The molecule has 0 spiro atoms. The smallest absolute Gasteiger partial charge is 0.260 e. The number of nitrogens with one attached hydrogen (secondary N) is 1. The van der Waals surface area contributed by atoms with E-state index in [1.54, 1.807) is 32.4 Å². The van der Waals surface area contributed by atoms with E-state index in [2.05, 4.69) is 22.0 Å². The van der Waals surface area contributed by atoms with Gasteiger partial charge in [-0.1, -0.05) is 37.2 Å². The summed E-state index contributed by atoms with van der Waals surface area (Å²) in [5.74, 6) is 1.89. The van der Waals surface area contributed by atoms with Crippen LogP contribution in [0.15, 0.2) is 47.5 Å². The molecule has 0 aliphatic heterocycles. The van der Waals surface area contributed by atoms with Crippen LogP contribution >= 0.6 is 0 Å². The Morgan fingerprint density at radius 3 is 2.65 bits per heavy atom. The first kappa shape index (κ1) is 22.1. The molecule has 0 unspecified atom stereocenters. The van der Waals surface area contributed by atoms with Crippen LogP contribution in [0.1, 0.15) is 47.1 Å². The zero-order chi connectivity index (χ0) is 22.5. The Hall–Kier alpha value is -3.61. The number of hydrogen-bond acceptors (Lipinski definition) is 6. The minimum Gasteiger partial charge on any atom is -0.493 e. The second-order valence-electron chi connectivity index (χ2n) is 7.43. The monoisotopic (exact) mass is 421 g/mol. The predicted molar refractivity (Wildman–Crippen MR) is 120 cm³/mol. The lowest BCUT2D eigenvalue weighted by Crippen LogP contribution is -2.14. The molecule has 0 aliphatic carbocycles. The zero-order valence-corrected chi connectivity index (χ0v) is 18.5. The number of nitrogens with zero attached hydrogens (tertiary/aromatic N) is 2. The summed E-state index contributed by atoms with van der Waals surface area (Å²) in [5, 5.41) is 7.04. The van der Waals surface area contributed by atoms with Crippen LogP contribution in [0.2, 0.25) is 0 Å². The van der Waals surface area contributed by atoms with Gasteiger partial charge < -0.3 is 19.3 Å². The first-order valence-corrected chi connectivity index (χ1v) is 10.00. The van der Waals surface area contributed by atoms with E-state index in [0.29, 0.717) is 46.4 Å². The van der Waals surface area contributed by atoms with Gasteiger partial charge in [0.25, 0.3) is 11.8 Å². The molecule has 7 heteroatoms. The average Bonchev–Trinajstić information content (AvgIpc) is 3.25. The van der Waals surface area contributed by atoms with E-state index in [9.17, 15) is 4.79 Å². The lowest BCUT2D eigenvalue weighted by molar-refractivity contribution is 0.102. The van der Waals surface area contributed by atoms with Gasteiger partial charge in [0.05, 0.1) is 25.5 Å². The quantitative estimate of drug-likeness (QED) is 0.505. The second kappa shape index (κ2) is 9.47. The predicted octanol–water partition coefficient (Wildman–Crippen LogP) is 5.17. The first-order chi connectivity index (χ1) is 14.9. The van der Waals surface area contributed by atoms with Gasteiger partial charge in [0.15, 0.2) is 17.3 Å². The van der Waals surface area contributed by atoms with Crippen molar-refractivity contribution in [3.8, 4) is 23.0 Å². The Labute approximate surface area is 182 Å². The summed E-state index contributed by atoms with van der Waals surface area (Å²) < 4.78 is 16.3. The fourth-order valence-corrected chi connectivity index (χ4v) is 3.26. The highest BCUT2D eigenvalue weighted by Gasteiger charge is 2.20. The number of aryl methyl sites for hydroxylation is 1. The topological polar surface area (TPSA) is 86.5 Å². The SMILES string of the molecule is C=CCc1cc(C(=O)Nc2c(C)cccc2-c2nc(C(C)C)no2)cc(OC)c1OC. The number of amides is 1. The number of carbonyl (C=O) groups is 1. The van der Waals surface area contributed by atoms with Crippen LogP contribution in [0.25, 0.3) is 11.5 Å². The zero-order valence-electron chi connectivity index (χ0n) is 18.5. The molecule has 1 N–H and O–H groups in total. The van der Waals surface area contributed by atoms with Crippen molar-refractivity contribution in [1.82, 2.24) is 10.1 Å². The molecule has 7 nitrogen and oxygen atoms in total. The molecule has 1 heterocycles. The standard InChI is InChI=1S/C24H27N3O4/c1-7-9-16-12-17(13-19(29-5)21(16)30-6)23(28)25-20-15(4)10-8-11-18(20)24-26-22(14(2)3)27-31-24/h7-8,10-14H,1,9H2,2-6H3,(H,25,28). The van der Waals surface area contributed by atoms with Crippen molar-refractivity contribution >= 4 is 11.6 Å². The Bertz CT molecular complexity index is 1100. The van der Waals surface area contributed by atoms with Gasteiger partial charge in [-0.25, -0.2) is 0 Å². The van der Waals surface area contributed by atoms with Crippen molar-refractivity contribution in [2.45, 2.75) is 33.1 Å². The molecule has 1 amide bonds. The molecule has 1 aromatic heterocycles. The van der Waals surface area contributed by atoms with Crippen molar-refractivity contribution in [3.63, 3.8) is 0 Å². The summed E-state index contributed by atoms with van der Waals surface area (Å²) >= 11 is 0. The number of rotatable bonds is 8. The molecule has 3 rings (SSSR count). The number of aromatic nitrogens is 2. The molecule has 0 saturated heterocycles. The van der Waals surface area contributed by atoms with Crippen LogP contribution in [0.3, 0.4) is 0 Å². The molecule has 0 bridgehead atoms. The summed E-state index contributed by atoms with van der Waals surface area (Å²) in [7, 11) is 3.11. The van der Waals surface area contributed by atoms with E-state index in [1.807, 2.05) is 39.0 Å². The highest BCUT2D eigenvalue weighted by Crippen LogP contribution is 2.35. The summed E-state index contributed by atoms with van der Waals surface area (Å²) in [6.07, 6.45) is 2.29. The third kappa shape index (κ3) is 4.60. The number of benzene rings is 2. The largest absolute Gasteiger partial charge is 0.493 e. The van der Waals surface area contributed by atoms with Gasteiger partial charge >= 0.3 is 0 Å². The van der Waals surface area contributed by atoms with Gasteiger partial charge in [0, 0.05) is 17.0 Å². The van der Waals surface area contributed by atoms with Crippen molar-refractivity contribution in [2.75, 3.05) is 19.5 Å². The van der Waals surface area contributed by atoms with Crippen LogP contribution in [-0.4, -0.2) is 30.3 Å². The molecule has 0 aliphatic rings. The summed E-state index contributed by atoms with van der Waals surface area (Å²) in [4.78, 5) is 17.7. The van der Waals surface area contributed by atoms with Crippen LogP contribution < -0.4 is 14.8 Å². The molecule has 0 radical (unpaired) electrons. The molecular weight excluding hydrogens is 394 g/mol. The van der Waals surface area contributed by atoms with E-state index in [0.717, 1.165) is 11.1 Å². The fraction of sp³-hybridized carbons (Fsp3) is 0.292. The normalized spacial score (nSPS) is 10.8. The third-order valence-corrected chi connectivity index (χ3v) is 4.88. The summed E-state index contributed by atoms with van der Waals surface area (Å²) in [6, 6.07) is 9.08. The first-order valence-electron chi connectivity index (χ1n) is 10.00. The fourth-order valence-electron chi connectivity index (χ4n) is 3.26. The molecule has 0 saturated carbocycles. The number of carbonyl (C=O) groups excluding carboxylic acids is 1. The number of para-hydroxylation sites is 1. The highest BCUT2D eigenvalue weighted by atomic mass is 16.5. The van der Waals surface area contributed by atoms with Crippen LogP contribution in [0.5, 0.6) is 11.5 Å². The maximum absolute atomic E-state index is 13.2. The van der Waals surface area contributed by atoms with E-state index in [4.69, 9.17) is 14.0 Å². The van der Waals surface area contributed by atoms with Gasteiger partial charge in [0.1, 0.15) is 0 Å². The molecule has 3 aromatic rings. The van der Waals surface area contributed by atoms with Crippen molar-refractivity contribution in [3.05, 3.63) is 65.5 Å². The van der Waals surface area contributed by atoms with Crippen molar-refractivity contribution in [2.24, 2.45) is 0 Å². The van der Waals surface area contributed by atoms with E-state index in [1.165, 1.54) is 0 Å². The van der Waals surface area contributed by atoms with Crippen molar-refractivity contribution in [1.29, 1.82) is 0 Å². The number of hydrogen-bond donors (Lipinski definition) is 1.